The Labute approximate surface area is 163 Å². The van der Waals surface area contributed by atoms with Crippen LogP contribution in [-0.4, -0.2) is 41.5 Å². The molecular formula is C22H23FN4O. The topological polar surface area (TPSA) is 71.2 Å². The maximum atomic E-state index is 13.3. The fourth-order valence-corrected chi connectivity index (χ4v) is 3.78. The van der Waals surface area contributed by atoms with Gasteiger partial charge in [0.25, 0.3) is 5.91 Å². The second kappa shape index (κ2) is 7.66. The van der Waals surface area contributed by atoms with E-state index in [4.69, 9.17) is 5.73 Å². The number of aromatic nitrogens is 1. The monoisotopic (exact) mass is 378 g/mol. The lowest BCUT2D eigenvalue weighted by Gasteiger charge is -2.31. The van der Waals surface area contributed by atoms with Crippen molar-refractivity contribution >= 4 is 16.8 Å². The van der Waals surface area contributed by atoms with Gasteiger partial charge >= 0.3 is 0 Å². The summed E-state index contributed by atoms with van der Waals surface area (Å²) in [5, 5.41) is 4.36. The minimum absolute atomic E-state index is 0.208. The molecule has 1 aromatic heterocycles. The predicted octanol–water partition coefficient (Wildman–Crippen LogP) is 2.93. The molecule has 28 heavy (non-hydrogen) atoms. The standard InChI is InChI=1S/C22H23FN4O/c1-14-12-27(9-8-25-14)13-15-2-7-18-19(16-3-5-17(23)6-4-16)11-21(22(24)28)26-20(18)10-15/h2-7,10-11,14,25H,8-9,12-13H2,1H3,(H2,24,28)/t14-/m1/s1. The Hall–Kier alpha value is -2.83. The Kier molecular flexibility index (Phi) is 5.07. The van der Waals surface area contributed by atoms with E-state index in [9.17, 15) is 9.18 Å². The van der Waals surface area contributed by atoms with E-state index in [-0.39, 0.29) is 11.5 Å². The van der Waals surface area contributed by atoms with Gasteiger partial charge in [0.1, 0.15) is 11.5 Å². The van der Waals surface area contributed by atoms with Crippen LogP contribution in [0.2, 0.25) is 0 Å². The van der Waals surface area contributed by atoms with Gasteiger partial charge in [0, 0.05) is 37.6 Å². The molecule has 1 fully saturated rings. The van der Waals surface area contributed by atoms with Gasteiger partial charge < -0.3 is 11.1 Å². The van der Waals surface area contributed by atoms with E-state index in [1.54, 1.807) is 18.2 Å². The van der Waals surface area contributed by atoms with Crippen LogP contribution in [0.5, 0.6) is 0 Å². The first-order valence-corrected chi connectivity index (χ1v) is 9.45. The molecule has 0 radical (unpaired) electrons. The summed E-state index contributed by atoms with van der Waals surface area (Å²) in [5.41, 5.74) is 9.21. The number of hydrogen-bond acceptors (Lipinski definition) is 4. The summed E-state index contributed by atoms with van der Waals surface area (Å²) >= 11 is 0. The normalized spacial score (nSPS) is 17.7. The van der Waals surface area contributed by atoms with Crippen molar-refractivity contribution in [1.82, 2.24) is 15.2 Å². The molecule has 2 aromatic carbocycles. The molecule has 2 heterocycles. The molecule has 3 N–H and O–H groups in total. The lowest BCUT2D eigenvalue weighted by atomic mass is 9.98. The maximum Gasteiger partial charge on any atom is 0.267 e. The van der Waals surface area contributed by atoms with Crippen LogP contribution in [-0.2, 0) is 6.54 Å². The lowest BCUT2D eigenvalue weighted by molar-refractivity contribution is 0.0996. The van der Waals surface area contributed by atoms with E-state index in [1.807, 2.05) is 12.1 Å². The van der Waals surface area contributed by atoms with Crippen molar-refractivity contribution in [3.63, 3.8) is 0 Å². The van der Waals surface area contributed by atoms with Gasteiger partial charge in [-0.25, -0.2) is 9.37 Å². The Morgan fingerprint density at radius 3 is 2.75 bits per heavy atom. The van der Waals surface area contributed by atoms with Crippen LogP contribution in [0.25, 0.3) is 22.0 Å². The molecule has 1 atom stereocenters. The summed E-state index contributed by atoms with van der Waals surface area (Å²) in [6.45, 7) is 5.98. The molecule has 5 nitrogen and oxygen atoms in total. The largest absolute Gasteiger partial charge is 0.364 e. The number of carbonyl (C=O) groups is 1. The molecule has 3 aromatic rings. The molecule has 4 rings (SSSR count). The number of pyridine rings is 1. The average molecular weight is 378 g/mol. The Morgan fingerprint density at radius 1 is 1.25 bits per heavy atom. The van der Waals surface area contributed by atoms with E-state index in [0.717, 1.165) is 53.8 Å². The van der Waals surface area contributed by atoms with Crippen LogP contribution < -0.4 is 11.1 Å². The van der Waals surface area contributed by atoms with E-state index in [2.05, 4.69) is 28.2 Å². The molecule has 144 valence electrons. The fraction of sp³-hybridized carbons (Fsp3) is 0.273. The van der Waals surface area contributed by atoms with Crippen molar-refractivity contribution in [1.29, 1.82) is 0 Å². The number of halogens is 1. The molecule has 0 bridgehead atoms. The van der Waals surface area contributed by atoms with Gasteiger partial charge in [0.2, 0.25) is 0 Å². The summed E-state index contributed by atoms with van der Waals surface area (Å²) in [5.74, 6) is -0.878. The smallest absolute Gasteiger partial charge is 0.267 e. The lowest BCUT2D eigenvalue weighted by Crippen LogP contribution is -2.48. The number of hydrogen-bond donors (Lipinski definition) is 2. The minimum atomic E-state index is -0.577. The van der Waals surface area contributed by atoms with Crippen molar-refractivity contribution in [2.75, 3.05) is 19.6 Å². The van der Waals surface area contributed by atoms with Gasteiger partial charge in [0.05, 0.1) is 5.52 Å². The van der Waals surface area contributed by atoms with Crippen LogP contribution in [0, 0.1) is 5.82 Å². The predicted molar refractivity (Wildman–Crippen MR) is 108 cm³/mol. The highest BCUT2D eigenvalue weighted by molar-refractivity contribution is 6.00. The number of nitrogens with two attached hydrogens (primary N) is 1. The van der Waals surface area contributed by atoms with E-state index < -0.39 is 5.91 Å². The van der Waals surface area contributed by atoms with Crippen LogP contribution in [0.15, 0.2) is 48.5 Å². The zero-order chi connectivity index (χ0) is 19.7. The first-order chi connectivity index (χ1) is 13.5. The molecule has 1 saturated heterocycles. The molecule has 1 aliphatic rings. The van der Waals surface area contributed by atoms with Gasteiger partial charge in [-0.05, 0) is 47.9 Å². The number of amides is 1. The van der Waals surface area contributed by atoms with E-state index in [1.165, 1.54) is 12.1 Å². The number of rotatable bonds is 4. The number of carbonyl (C=O) groups excluding carboxylic acids is 1. The zero-order valence-corrected chi connectivity index (χ0v) is 15.8. The maximum absolute atomic E-state index is 13.3. The highest BCUT2D eigenvalue weighted by atomic mass is 19.1. The summed E-state index contributed by atoms with van der Waals surface area (Å²) in [6.07, 6.45) is 0. The Balaban J connectivity index is 1.75. The number of piperazine rings is 1. The highest BCUT2D eigenvalue weighted by Crippen LogP contribution is 2.30. The number of benzene rings is 2. The molecule has 0 aliphatic carbocycles. The summed E-state index contributed by atoms with van der Waals surface area (Å²) in [4.78, 5) is 18.7. The van der Waals surface area contributed by atoms with E-state index in [0.29, 0.717) is 6.04 Å². The average Bonchev–Trinajstić information content (AvgIpc) is 2.67. The third-order valence-electron chi connectivity index (χ3n) is 5.14. The minimum Gasteiger partial charge on any atom is -0.364 e. The molecule has 1 amide bonds. The van der Waals surface area contributed by atoms with Crippen LogP contribution >= 0.6 is 0 Å². The third kappa shape index (κ3) is 3.88. The van der Waals surface area contributed by atoms with Crippen LogP contribution in [0.3, 0.4) is 0 Å². The van der Waals surface area contributed by atoms with Crippen molar-refractivity contribution < 1.29 is 9.18 Å². The molecule has 0 spiro atoms. The van der Waals surface area contributed by atoms with Crippen molar-refractivity contribution in [2.45, 2.75) is 19.5 Å². The molecule has 0 unspecified atom stereocenters. The number of primary amides is 1. The zero-order valence-electron chi connectivity index (χ0n) is 15.8. The fourth-order valence-electron chi connectivity index (χ4n) is 3.78. The van der Waals surface area contributed by atoms with Crippen LogP contribution in [0.4, 0.5) is 4.39 Å². The van der Waals surface area contributed by atoms with Gasteiger partial charge in [-0.15, -0.1) is 0 Å². The van der Waals surface area contributed by atoms with Gasteiger partial charge in [0.15, 0.2) is 0 Å². The second-order valence-electron chi connectivity index (χ2n) is 7.37. The first kappa shape index (κ1) is 18.5. The van der Waals surface area contributed by atoms with Crippen molar-refractivity contribution in [3.05, 3.63) is 65.6 Å². The van der Waals surface area contributed by atoms with E-state index >= 15 is 0 Å². The summed E-state index contributed by atoms with van der Waals surface area (Å²) < 4.78 is 13.3. The number of fused-ring (bicyclic) bond motifs is 1. The molecular weight excluding hydrogens is 355 g/mol. The second-order valence-corrected chi connectivity index (χ2v) is 7.37. The third-order valence-corrected chi connectivity index (χ3v) is 5.14. The van der Waals surface area contributed by atoms with Gasteiger partial charge in [-0.3, -0.25) is 9.69 Å². The van der Waals surface area contributed by atoms with Crippen LogP contribution in [0.1, 0.15) is 23.0 Å². The summed E-state index contributed by atoms with van der Waals surface area (Å²) in [6, 6.07) is 14.5. The molecule has 6 heteroatoms. The van der Waals surface area contributed by atoms with Gasteiger partial charge in [-0.1, -0.05) is 24.3 Å². The SMILES string of the molecule is C[C@@H]1CN(Cc2ccc3c(-c4ccc(F)cc4)cc(C(N)=O)nc3c2)CCN1. The summed E-state index contributed by atoms with van der Waals surface area (Å²) in [7, 11) is 0. The van der Waals surface area contributed by atoms with Crippen molar-refractivity contribution in [3.8, 4) is 11.1 Å². The van der Waals surface area contributed by atoms with Crippen molar-refractivity contribution in [2.24, 2.45) is 5.73 Å². The Morgan fingerprint density at radius 2 is 2.04 bits per heavy atom. The van der Waals surface area contributed by atoms with Gasteiger partial charge in [-0.2, -0.15) is 0 Å². The number of nitrogens with one attached hydrogen (secondary N) is 1. The highest BCUT2D eigenvalue weighted by Gasteiger charge is 2.17. The molecule has 0 saturated carbocycles. The Bertz CT molecular complexity index is 1020. The quantitative estimate of drug-likeness (QED) is 0.732. The number of nitrogens with zero attached hydrogens (tertiary/aromatic N) is 2. The molecule has 1 aliphatic heterocycles. The first-order valence-electron chi connectivity index (χ1n) is 9.45.